The highest BCUT2D eigenvalue weighted by Gasteiger charge is 2.09. The van der Waals surface area contributed by atoms with E-state index < -0.39 is 0 Å². The third-order valence-corrected chi connectivity index (χ3v) is 2.74. The van der Waals surface area contributed by atoms with Gasteiger partial charge in [0.25, 0.3) is 0 Å². The number of aromatic nitrogens is 2. The summed E-state index contributed by atoms with van der Waals surface area (Å²) in [5.74, 6) is 1.01. The molecule has 0 bridgehead atoms. The van der Waals surface area contributed by atoms with Gasteiger partial charge in [-0.05, 0) is 18.2 Å². The number of nitrogens with two attached hydrogens (primary N) is 1. The fourth-order valence-electron chi connectivity index (χ4n) is 1.23. The van der Waals surface area contributed by atoms with Crippen molar-refractivity contribution >= 4 is 23.2 Å². The lowest BCUT2D eigenvalue weighted by Crippen LogP contribution is -2.02. The SMILES string of the molecule is NCCc1nc(-c2ccc(Cl)c(Cl)c2)no1. The Balaban J connectivity index is 2.31. The molecule has 2 aromatic rings. The summed E-state index contributed by atoms with van der Waals surface area (Å²) in [4.78, 5) is 4.18. The maximum absolute atomic E-state index is 5.89. The molecule has 84 valence electrons. The van der Waals surface area contributed by atoms with Crippen LogP contribution >= 0.6 is 23.2 Å². The summed E-state index contributed by atoms with van der Waals surface area (Å²) in [7, 11) is 0. The second kappa shape index (κ2) is 4.82. The van der Waals surface area contributed by atoms with Crippen LogP contribution in [0.1, 0.15) is 5.89 Å². The fraction of sp³-hybridized carbons (Fsp3) is 0.200. The molecule has 2 rings (SSSR count). The van der Waals surface area contributed by atoms with Crippen LogP contribution in [0.3, 0.4) is 0 Å². The fourth-order valence-corrected chi connectivity index (χ4v) is 1.53. The largest absolute Gasteiger partial charge is 0.339 e. The van der Waals surface area contributed by atoms with Crippen LogP contribution in [-0.4, -0.2) is 16.7 Å². The van der Waals surface area contributed by atoms with Crippen LogP contribution in [0, 0.1) is 0 Å². The number of benzene rings is 1. The lowest BCUT2D eigenvalue weighted by molar-refractivity contribution is 0.380. The predicted molar refractivity (Wildman–Crippen MR) is 62.5 cm³/mol. The molecule has 0 amide bonds. The highest BCUT2D eigenvalue weighted by molar-refractivity contribution is 6.42. The van der Waals surface area contributed by atoms with Crippen LogP contribution in [0.15, 0.2) is 22.7 Å². The average Bonchev–Trinajstić information content (AvgIpc) is 2.71. The highest BCUT2D eigenvalue weighted by Crippen LogP contribution is 2.26. The Hall–Kier alpha value is -1.10. The number of hydrogen-bond donors (Lipinski definition) is 1. The highest BCUT2D eigenvalue weighted by atomic mass is 35.5. The van der Waals surface area contributed by atoms with Gasteiger partial charge in [-0.1, -0.05) is 28.4 Å². The second-order valence-electron chi connectivity index (χ2n) is 3.18. The zero-order valence-electron chi connectivity index (χ0n) is 8.28. The van der Waals surface area contributed by atoms with Crippen molar-refractivity contribution < 1.29 is 4.52 Å². The van der Waals surface area contributed by atoms with E-state index in [4.69, 9.17) is 33.5 Å². The first-order chi connectivity index (χ1) is 7.70. The first kappa shape index (κ1) is 11.4. The van der Waals surface area contributed by atoms with E-state index in [9.17, 15) is 0 Å². The van der Waals surface area contributed by atoms with Gasteiger partial charge in [0.2, 0.25) is 11.7 Å². The summed E-state index contributed by atoms with van der Waals surface area (Å²) in [5.41, 5.74) is 6.15. The third-order valence-electron chi connectivity index (χ3n) is 2.00. The number of halogens is 2. The Morgan fingerprint density at radius 3 is 2.75 bits per heavy atom. The number of rotatable bonds is 3. The molecule has 0 aliphatic heterocycles. The Labute approximate surface area is 102 Å². The molecule has 0 unspecified atom stereocenters. The molecule has 4 nitrogen and oxygen atoms in total. The predicted octanol–water partition coefficient (Wildman–Crippen LogP) is 2.54. The van der Waals surface area contributed by atoms with Gasteiger partial charge in [0.15, 0.2) is 0 Å². The maximum atomic E-state index is 5.89. The zero-order valence-corrected chi connectivity index (χ0v) is 9.79. The van der Waals surface area contributed by atoms with Crippen LogP contribution < -0.4 is 5.73 Å². The molecule has 0 saturated carbocycles. The van der Waals surface area contributed by atoms with E-state index in [2.05, 4.69) is 10.1 Å². The molecule has 0 aliphatic rings. The lowest BCUT2D eigenvalue weighted by Gasteiger charge is -1.97. The van der Waals surface area contributed by atoms with E-state index in [1.165, 1.54) is 0 Å². The van der Waals surface area contributed by atoms with Gasteiger partial charge in [0, 0.05) is 18.5 Å². The molecule has 1 heterocycles. The molecule has 16 heavy (non-hydrogen) atoms. The van der Waals surface area contributed by atoms with E-state index in [1.807, 2.05) is 0 Å². The Morgan fingerprint density at radius 2 is 2.06 bits per heavy atom. The van der Waals surface area contributed by atoms with Gasteiger partial charge >= 0.3 is 0 Å². The van der Waals surface area contributed by atoms with Gasteiger partial charge in [0.1, 0.15) is 0 Å². The van der Waals surface area contributed by atoms with E-state index >= 15 is 0 Å². The maximum Gasteiger partial charge on any atom is 0.228 e. The van der Waals surface area contributed by atoms with Crippen LogP contribution in [0.2, 0.25) is 10.0 Å². The molecule has 0 radical (unpaired) electrons. The van der Waals surface area contributed by atoms with Crippen molar-refractivity contribution in [2.24, 2.45) is 5.73 Å². The van der Waals surface area contributed by atoms with Gasteiger partial charge in [-0.15, -0.1) is 0 Å². The zero-order chi connectivity index (χ0) is 11.5. The molecule has 1 aromatic heterocycles. The Kier molecular flexibility index (Phi) is 3.43. The van der Waals surface area contributed by atoms with E-state index in [0.717, 1.165) is 5.56 Å². The van der Waals surface area contributed by atoms with E-state index in [1.54, 1.807) is 18.2 Å². The van der Waals surface area contributed by atoms with E-state index in [0.29, 0.717) is 34.7 Å². The summed E-state index contributed by atoms with van der Waals surface area (Å²) in [5, 5.41) is 4.79. The topological polar surface area (TPSA) is 64.9 Å². The quantitative estimate of drug-likeness (QED) is 0.918. The molecule has 2 N–H and O–H groups in total. The Morgan fingerprint density at radius 1 is 1.25 bits per heavy atom. The van der Waals surface area contributed by atoms with Crippen molar-refractivity contribution in [3.05, 3.63) is 34.1 Å². The van der Waals surface area contributed by atoms with Crippen molar-refractivity contribution in [1.29, 1.82) is 0 Å². The van der Waals surface area contributed by atoms with Crippen LogP contribution in [0.4, 0.5) is 0 Å². The van der Waals surface area contributed by atoms with E-state index in [-0.39, 0.29) is 0 Å². The second-order valence-corrected chi connectivity index (χ2v) is 3.99. The van der Waals surface area contributed by atoms with Crippen LogP contribution in [-0.2, 0) is 6.42 Å². The number of hydrogen-bond acceptors (Lipinski definition) is 4. The van der Waals surface area contributed by atoms with Crippen LogP contribution in [0.5, 0.6) is 0 Å². The molecule has 0 saturated heterocycles. The van der Waals surface area contributed by atoms with Gasteiger partial charge in [-0.3, -0.25) is 0 Å². The average molecular weight is 258 g/mol. The normalized spacial score (nSPS) is 10.7. The minimum atomic E-state index is 0.462. The lowest BCUT2D eigenvalue weighted by atomic mass is 10.2. The molecule has 0 atom stereocenters. The Bertz CT molecular complexity index is 499. The van der Waals surface area contributed by atoms with Crippen molar-refractivity contribution in [2.75, 3.05) is 6.54 Å². The van der Waals surface area contributed by atoms with Gasteiger partial charge < -0.3 is 10.3 Å². The molecular weight excluding hydrogens is 249 g/mol. The monoisotopic (exact) mass is 257 g/mol. The summed E-state index contributed by atoms with van der Waals surface area (Å²) in [6.45, 7) is 0.475. The summed E-state index contributed by atoms with van der Waals surface area (Å²) in [6.07, 6.45) is 0.564. The summed E-state index contributed by atoms with van der Waals surface area (Å²) < 4.78 is 5.01. The first-order valence-corrected chi connectivity index (χ1v) is 5.44. The number of nitrogens with zero attached hydrogens (tertiary/aromatic N) is 2. The summed E-state index contributed by atoms with van der Waals surface area (Å²) in [6, 6.07) is 5.17. The minimum Gasteiger partial charge on any atom is -0.339 e. The molecule has 6 heteroatoms. The molecule has 0 fully saturated rings. The molecule has 0 spiro atoms. The third kappa shape index (κ3) is 2.35. The van der Waals surface area contributed by atoms with Crippen molar-refractivity contribution in [3.8, 4) is 11.4 Å². The van der Waals surface area contributed by atoms with Gasteiger partial charge in [0.05, 0.1) is 10.0 Å². The minimum absolute atomic E-state index is 0.462. The van der Waals surface area contributed by atoms with Crippen molar-refractivity contribution in [1.82, 2.24) is 10.1 Å². The van der Waals surface area contributed by atoms with Gasteiger partial charge in [-0.25, -0.2) is 0 Å². The van der Waals surface area contributed by atoms with Crippen molar-refractivity contribution in [2.45, 2.75) is 6.42 Å². The van der Waals surface area contributed by atoms with Gasteiger partial charge in [-0.2, -0.15) is 4.98 Å². The molecular formula is C10H9Cl2N3O. The van der Waals surface area contributed by atoms with Crippen molar-refractivity contribution in [3.63, 3.8) is 0 Å². The molecule has 1 aromatic carbocycles. The first-order valence-electron chi connectivity index (χ1n) is 4.69. The summed E-state index contributed by atoms with van der Waals surface area (Å²) >= 11 is 11.7. The standard InChI is InChI=1S/C10H9Cl2N3O/c11-7-2-1-6(5-8(7)12)10-14-9(3-4-13)16-15-10/h1-2,5H,3-4,13H2. The van der Waals surface area contributed by atoms with Crippen LogP contribution in [0.25, 0.3) is 11.4 Å². The molecule has 0 aliphatic carbocycles. The smallest absolute Gasteiger partial charge is 0.228 e.